The highest BCUT2D eigenvalue weighted by molar-refractivity contribution is 5.73. The second-order valence-electron chi connectivity index (χ2n) is 6.51. The van der Waals surface area contributed by atoms with Gasteiger partial charge in [0, 0.05) is 18.3 Å². The Morgan fingerprint density at radius 1 is 1.08 bits per heavy atom. The van der Waals surface area contributed by atoms with Gasteiger partial charge in [0.2, 0.25) is 0 Å². The molecule has 3 rings (SSSR count). The summed E-state index contributed by atoms with van der Waals surface area (Å²) in [4.78, 5) is 6.69. The topological polar surface area (TPSA) is 50.9 Å². The Hall–Kier alpha value is -2.49. The number of amidine groups is 1. The number of hydrogen-bond acceptors (Lipinski definition) is 4. The number of ether oxygens (including phenoxy) is 1. The number of aliphatic imine (C=N–C) groups is 1. The lowest BCUT2D eigenvalue weighted by Gasteiger charge is -2.30. The van der Waals surface area contributed by atoms with Crippen LogP contribution in [0.5, 0.6) is 0 Å². The summed E-state index contributed by atoms with van der Waals surface area (Å²) in [6.45, 7) is 5.78. The third kappa shape index (κ3) is 4.07. The van der Waals surface area contributed by atoms with E-state index >= 15 is 0 Å². The van der Waals surface area contributed by atoms with E-state index in [1.54, 1.807) is 0 Å². The van der Waals surface area contributed by atoms with Gasteiger partial charge in [-0.3, -0.25) is 0 Å². The van der Waals surface area contributed by atoms with Crippen molar-refractivity contribution in [3.8, 4) is 0 Å². The highest BCUT2D eigenvalue weighted by Crippen LogP contribution is 2.21. The van der Waals surface area contributed by atoms with Crippen molar-refractivity contribution in [2.24, 2.45) is 10.7 Å². The first-order valence-corrected chi connectivity index (χ1v) is 8.47. The predicted octanol–water partition coefficient (Wildman–Crippen LogP) is 3.21. The average Bonchev–Trinajstić information content (AvgIpc) is 2.99. The maximum Gasteiger partial charge on any atom is 0.282 e. The predicted molar refractivity (Wildman–Crippen MR) is 99.5 cm³/mol. The lowest BCUT2D eigenvalue weighted by Crippen LogP contribution is -2.37. The maximum absolute atomic E-state index is 5.62. The summed E-state index contributed by atoms with van der Waals surface area (Å²) in [5.74, 6) is 0. The number of anilines is 1. The van der Waals surface area contributed by atoms with Gasteiger partial charge in [-0.2, -0.15) is 0 Å². The van der Waals surface area contributed by atoms with Gasteiger partial charge in [0.05, 0.1) is 0 Å². The highest BCUT2D eigenvalue weighted by Gasteiger charge is 2.21. The Kier molecular flexibility index (Phi) is 5.04. The monoisotopic (exact) mass is 323 g/mol. The van der Waals surface area contributed by atoms with Gasteiger partial charge in [0.25, 0.3) is 6.02 Å². The fourth-order valence-corrected chi connectivity index (χ4v) is 3.01. The summed E-state index contributed by atoms with van der Waals surface area (Å²) >= 11 is 0. The van der Waals surface area contributed by atoms with Crippen molar-refractivity contribution in [3.63, 3.8) is 0 Å². The summed E-state index contributed by atoms with van der Waals surface area (Å²) in [5, 5.41) is 0. The maximum atomic E-state index is 5.62. The van der Waals surface area contributed by atoms with Crippen LogP contribution in [0, 0.1) is 0 Å². The second kappa shape index (κ2) is 7.39. The first-order valence-electron chi connectivity index (χ1n) is 8.47. The molecule has 0 radical (unpaired) electrons. The van der Waals surface area contributed by atoms with E-state index in [1.165, 1.54) is 16.8 Å². The molecule has 1 atom stereocenters. The Morgan fingerprint density at radius 3 is 2.33 bits per heavy atom. The van der Waals surface area contributed by atoms with E-state index in [0.29, 0.717) is 18.7 Å². The molecule has 0 bridgehead atoms. The van der Waals surface area contributed by atoms with E-state index in [1.807, 2.05) is 0 Å². The van der Waals surface area contributed by atoms with Crippen LogP contribution in [0.25, 0.3) is 0 Å². The Labute approximate surface area is 144 Å². The first-order chi connectivity index (χ1) is 11.6. The summed E-state index contributed by atoms with van der Waals surface area (Å²) in [6.07, 6.45) is 0.958. The van der Waals surface area contributed by atoms with Crippen LogP contribution in [-0.4, -0.2) is 31.3 Å². The van der Waals surface area contributed by atoms with E-state index < -0.39 is 0 Å². The minimum atomic E-state index is 0.108. The lowest BCUT2D eigenvalue weighted by molar-refractivity contribution is 0.312. The van der Waals surface area contributed by atoms with Crippen LogP contribution in [0.1, 0.15) is 25.0 Å². The number of nitrogens with two attached hydrogens (primary N) is 1. The largest absolute Gasteiger partial charge is 0.463 e. The van der Waals surface area contributed by atoms with Gasteiger partial charge in [-0.1, -0.05) is 42.5 Å². The molecule has 1 aliphatic heterocycles. The third-order valence-electron chi connectivity index (χ3n) is 4.28. The van der Waals surface area contributed by atoms with Crippen LogP contribution in [0.15, 0.2) is 59.6 Å². The zero-order valence-corrected chi connectivity index (χ0v) is 14.4. The van der Waals surface area contributed by atoms with Crippen molar-refractivity contribution in [2.45, 2.75) is 32.4 Å². The smallest absolute Gasteiger partial charge is 0.282 e. The molecule has 2 aromatic rings. The molecule has 126 valence electrons. The van der Waals surface area contributed by atoms with Gasteiger partial charge in [0.15, 0.2) is 0 Å². The standard InChI is InChI=1S/C20H25N3O/c1-15(2)23(13-18-14-24-20(21)22-18)19-10-8-17(9-11-19)12-16-6-4-3-5-7-16/h3-11,15,18H,12-14H2,1-2H3,(H2,21,22). The molecule has 0 fully saturated rings. The van der Waals surface area contributed by atoms with Crippen LogP contribution < -0.4 is 10.6 Å². The molecule has 1 unspecified atom stereocenters. The van der Waals surface area contributed by atoms with E-state index in [0.717, 1.165) is 13.0 Å². The molecule has 0 spiro atoms. The molecular formula is C20H25N3O. The summed E-state index contributed by atoms with van der Waals surface area (Å²) < 4.78 is 5.27. The molecule has 0 aliphatic carbocycles. The van der Waals surface area contributed by atoms with E-state index in [2.05, 4.69) is 78.3 Å². The molecule has 0 saturated heterocycles. The first kappa shape index (κ1) is 16.4. The van der Waals surface area contributed by atoms with Gasteiger partial charge in [0.1, 0.15) is 12.6 Å². The zero-order chi connectivity index (χ0) is 16.9. The number of hydrogen-bond donors (Lipinski definition) is 1. The van der Waals surface area contributed by atoms with Crippen LogP contribution in [-0.2, 0) is 11.2 Å². The molecule has 24 heavy (non-hydrogen) atoms. The van der Waals surface area contributed by atoms with Gasteiger partial charge in [-0.25, -0.2) is 4.99 Å². The summed E-state index contributed by atoms with van der Waals surface area (Å²) in [6, 6.07) is 20.2. The molecule has 4 nitrogen and oxygen atoms in total. The highest BCUT2D eigenvalue weighted by atomic mass is 16.5. The van der Waals surface area contributed by atoms with Gasteiger partial charge in [-0.15, -0.1) is 0 Å². The van der Waals surface area contributed by atoms with Crippen molar-refractivity contribution >= 4 is 11.7 Å². The Morgan fingerprint density at radius 2 is 1.75 bits per heavy atom. The molecule has 1 aliphatic rings. The summed E-state index contributed by atoms with van der Waals surface area (Å²) in [5.41, 5.74) is 9.48. The van der Waals surface area contributed by atoms with Crippen LogP contribution in [0.4, 0.5) is 5.69 Å². The molecule has 2 aromatic carbocycles. The molecular weight excluding hydrogens is 298 g/mol. The quantitative estimate of drug-likeness (QED) is 0.888. The van der Waals surface area contributed by atoms with E-state index in [-0.39, 0.29) is 6.04 Å². The molecule has 4 heteroatoms. The average molecular weight is 323 g/mol. The number of nitrogens with zero attached hydrogens (tertiary/aromatic N) is 2. The van der Waals surface area contributed by atoms with Gasteiger partial charge in [-0.05, 0) is 43.5 Å². The zero-order valence-electron chi connectivity index (χ0n) is 14.4. The summed E-state index contributed by atoms with van der Waals surface area (Å²) in [7, 11) is 0. The van der Waals surface area contributed by atoms with E-state index in [4.69, 9.17) is 10.5 Å². The van der Waals surface area contributed by atoms with Crippen LogP contribution >= 0.6 is 0 Å². The number of rotatable bonds is 6. The van der Waals surface area contributed by atoms with Gasteiger partial charge < -0.3 is 15.4 Å². The lowest BCUT2D eigenvalue weighted by atomic mass is 10.0. The SMILES string of the molecule is CC(C)N(CC1COC(N)=N1)c1ccc(Cc2ccccc2)cc1. The molecule has 0 amide bonds. The van der Waals surface area contributed by atoms with E-state index in [9.17, 15) is 0 Å². The van der Waals surface area contributed by atoms with Crippen molar-refractivity contribution in [1.82, 2.24) is 0 Å². The molecule has 0 saturated carbocycles. The molecule has 2 N–H and O–H groups in total. The minimum Gasteiger partial charge on any atom is -0.463 e. The fraction of sp³-hybridized carbons (Fsp3) is 0.350. The van der Waals surface area contributed by atoms with Crippen LogP contribution in [0.2, 0.25) is 0 Å². The number of benzene rings is 2. The second-order valence-corrected chi connectivity index (χ2v) is 6.51. The van der Waals surface area contributed by atoms with Crippen molar-refractivity contribution in [3.05, 3.63) is 65.7 Å². The third-order valence-corrected chi connectivity index (χ3v) is 4.28. The van der Waals surface area contributed by atoms with Gasteiger partial charge >= 0.3 is 0 Å². The van der Waals surface area contributed by atoms with Crippen LogP contribution in [0.3, 0.4) is 0 Å². The fourth-order valence-electron chi connectivity index (χ4n) is 3.01. The van der Waals surface area contributed by atoms with Crippen molar-refractivity contribution in [1.29, 1.82) is 0 Å². The molecule has 0 aromatic heterocycles. The Balaban J connectivity index is 1.70. The minimum absolute atomic E-state index is 0.108. The van der Waals surface area contributed by atoms with Crippen molar-refractivity contribution in [2.75, 3.05) is 18.1 Å². The van der Waals surface area contributed by atoms with Crippen molar-refractivity contribution < 1.29 is 4.74 Å². The molecule has 1 heterocycles. The Bertz CT molecular complexity index is 680. The normalized spacial score (nSPS) is 16.8.